The second kappa shape index (κ2) is 14.7. The Morgan fingerprint density at radius 3 is 1.35 bits per heavy atom. The zero-order chi connectivity index (χ0) is 43.0. The lowest BCUT2D eigenvalue weighted by atomic mass is 9.83. The highest BCUT2D eigenvalue weighted by molar-refractivity contribution is 6.25. The molecular weight excluding hydrogens is 785 g/mol. The van der Waals surface area contributed by atoms with Gasteiger partial charge in [-0.25, -0.2) is 0 Å². The van der Waals surface area contributed by atoms with Crippen molar-refractivity contribution in [3.8, 4) is 56.3 Å². The number of nitriles is 1. The van der Waals surface area contributed by atoms with Gasteiger partial charge in [0.05, 0.1) is 22.7 Å². The molecule has 0 fully saturated rings. The minimum Gasteiger partial charge on any atom is -0.309 e. The van der Waals surface area contributed by atoms with Crippen molar-refractivity contribution < 1.29 is 0 Å². The molecule has 0 spiro atoms. The summed E-state index contributed by atoms with van der Waals surface area (Å²) >= 11 is 0. The number of rotatable bonds is 5. The van der Waals surface area contributed by atoms with Crippen LogP contribution in [0.5, 0.6) is 0 Å². The van der Waals surface area contributed by atoms with E-state index in [0.717, 1.165) is 38.6 Å². The molecule has 2 nitrogen and oxygen atoms in total. The van der Waals surface area contributed by atoms with Gasteiger partial charge in [0.25, 0.3) is 0 Å². The maximum atomic E-state index is 9.83. The van der Waals surface area contributed by atoms with Crippen molar-refractivity contribution in [1.29, 1.82) is 5.26 Å². The predicted octanol–water partition coefficient (Wildman–Crippen LogP) is 17.1. The van der Waals surface area contributed by atoms with Gasteiger partial charge in [-0.15, -0.1) is 0 Å². The standard InChI is InChI=1S/C63H38N2/c64-39-40-24-32-60-57(34-40)58-37-48(30-33-61(58)65(60)49-16-2-1-3-17-49)46-28-26-43-35-45(27-25-44(43)36-46)47-29-31-56-59(38-47)63(53-23-11-15-42-13-5-7-19-51(42)53)55-21-9-8-20-54(55)62(56)52-22-10-14-41-12-4-6-18-50(41)52/h1-38H. The molecular formula is C63H38N2. The summed E-state index contributed by atoms with van der Waals surface area (Å²) in [7, 11) is 0. The van der Waals surface area contributed by atoms with E-state index in [0.29, 0.717) is 5.56 Å². The summed E-state index contributed by atoms with van der Waals surface area (Å²) in [6.45, 7) is 0. The molecule has 0 radical (unpaired) electrons. The van der Waals surface area contributed by atoms with Crippen LogP contribution in [0.2, 0.25) is 0 Å². The monoisotopic (exact) mass is 822 g/mol. The van der Waals surface area contributed by atoms with Crippen molar-refractivity contribution in [3.05, 3.63) is 236 Å². The highest BCUT2D eigenvalue weighted by Gasteiger charge is 2.20. The normalized spacial score (nSPS) is 11.7. The van der Waals surface area contributed by atoms with Gasteiger partial charge in [-0.2, -0.15) is 5.26 Å². The number of nitrogens with zero attached hydrogens (tertiary/aromatic N) is 2. The predicted molar refractivity (Wildman–Crippen MR) is 275 cm³/mol. The van der Waals surface area contributed by atoms with E-state index >= 15 is 0 Å². The van der Waals surface area contributed by atoms with Gasteiger partial charge in [-0.1, -0.05) is 170 Å². The summed E-state index contributed by atoms with van der Waals surface area (Å²) < 4.78 is 2.29. The van der Waals surface area contributed by atoms with Crippen LogP contribution in [-0.4, -0.2) is 4.57 Å². The molecule has 0 bridgehead atoms. The summed E-state index contributed by atoms with van der Waals surface area (Å²) in [5.41, 5.74) is 13.6. The van der Waals surface area contributed by atoms with Gasteiger partial charge in [-0.3, -0.25) is 0 Å². The van der Waals surface area contributed by atoms with Gasteiger partial charge in [0.2, 0.25) is 0 Å². The van der Waals surface area contributed by atoms with Crippen molar-refractivity contribution in [2.75, 3.05) is 0 Å². The zero-order valence-electron chi connectivity index (χ0n) is 35.3. The molecule has 0 saturated carbocycles. The molecule has 0 aliphatic heterocycles. The van der Waals surface area contributed by atoms with E-state index in [4.69, 9.17) is 0 Å². The summed E-state index contributed by atoms with van der Waals surface area (Å²) in [6.07, 6.45) is 0. The zero-order valence-corrected chi connectivity index (χ0v) is 35.3. The summed E-state index contributed by atoms with van der Waals surface area (Å²) in [6, 6.07) is 86.2. The molecule has 0 atom stereocenters. The number of aromatic nitrogens is 1. The van der Waals surface area contributed by atoms with Crippen molar-refractivity contribution >= 4 is 75.7 Å². The van der Waals surface area contributed by atoms with Crippen LogP contribution in [0.15, 0.2) is 231 Å². The lowest BCUT2D eigenvalue weighted by Crippen LogP contribution is -1.93. The van der Waals surface area contributed by atoms with Crippen LogP contribution >= 0.6 is 0 Å². The lowest BCUT2D eigenvalue weighted by molar-refractivity contribution is 1.18. The highest BCUT2D eigenvalue weighted by Crippen LogP contribution is 2.48. The van der Waals surface area contributed by atoms with Crippen LogP contribution in [0.4, 0.5) is 0 Å². The lowest BCUT2D eigenvalue weighted by Gasteiger charge is -2.20. The largest absolute Gasteiger partial charge is 0.309 e. The molecule has 1 aromatic heterocycles. The molecule has 300 valence electrons. The van der Waals surface area contributed by atoms with E-state index in [1.165, 1.54) is 87.2 Å². The molecule has 12 aromatic carbocycles. The fourth-order valence-corrected chi connectivity index (χ4v) is 10.6. The van der Waals surface area contributed by atoms with Crippen LogP contribution in [0.1, 0.15) is 5.56 Å². The van der Waals surface area contributed by atoms with Gasteiger partial charge in [-0.05, 0) is 159 Å². The van der Waals surface area contributed by atoms with Crippen LogP contribution in [0.3, 0.4) is 0 Å². The molecule has 0 aliphatic rings. The van der Waals surface area contributed by atoms with Crippen LogP contribution in [0, 0.1) is 11.3 Å². The van der Waals surface area contributed by atoms with Gasteiger partial charge in [0, 0.05) is 16.5 Å². The van der Waals surface area contributed by atoms with E-state index in [1.807, 2.05) is 18.2 Å². The molecule has 65 heavy (non-hydrogen) atoms. The summed E-state index contributed by atoms with van der Waals surface area (Å²) in [5, 5.41) is 24.4. The van der Waals surface area contributed by atoms with Gasteiger partial charge in [0.15, 0.2) is 0 Å². The Kier molecular flexibility index (Phi) is 8.31. The second-order valence-electron chi connectivity index (χ2n) is 17.1. The number of fused-ring (bicyclic) bond motifs is 8. The van der Waals surface area contributed by atoms with E-state index in [2.05, 4.69) is 223 Å². The third-order valence-corrected chi connectivity index (χ3v) is 13.6. The molecule has 13 rings (SSSR count). The van der Waals surface area contributed by atoms with Crippen molar-refractivity contribution in [2.45, 2.75) is 0 Å². The first kappa shape index (κ1) is 36.8. The molecule has 13 aromatic rings. The molecule has 2 heteroatoms. The van der Waals surface area contributed by atoms with E-state index in [9.17, 15) is 5.26 Å². The Bertz CT molecular complexity index is 4120. The number of para-hydroxylation sites is 1. The first-order valence-electron chi connectivity index (χ1n) is 22.2. The molecule has 0 aliphatic carbocycles. The SMILES string of the molecule is N#Cc1ccc2c(c1)c1cc(-c3ccc4cc(-c5ccc6c(-c7cccc8ccccc78)c7ccccc7c(-c7cccc8ccccc78)c6c5)ccc4c3)ccc1n2-c1ccccc1. The van der Waals surface area contributed by atoms with Crippen molar-refractivity contribution in [2.24, 2.45) is 0 Å². The van der Waals surface area contributed by atoms with Crippen LogP contribution in [-0.2, 0) is 0 Å². The third-order valence-electron chi connectivity index (χ3n) is 13.6. The molecule has 0 unspecified atom stereocenters. The average Bonchev–Trinajstić information content (AvgIpc) is 3.70. The van der Waals surface area contributed by atoms with Gasteiger partial charge in [0.1, 0.15) is 0 Å². The van der Waals surface area contributed by atoms with E-state index in [1.54, 1.807) is 0 Å². The number of hydrogen-bond donors (Lipinski definition) is 0. The molecule has 0 N–H and O–H groups in total. The number of benzene rings is 12. The molecule has 0 amide bonds. The minimum absolute atomic E-state index is 0.659. The van der Waals surface area contributed by atoms with E-state index in [-0.39, 0.29) is 0 Å². The van der Waals surface area contributed by atoms with Crippen molar-refractivity contribution in [1.82, 2.24) is 4.57 Å². The Labute approximate surface area is 376 Å². The summed E-state index contributed by atoms with van der Waals surface area (Å²) in [5.74, 6) is 0. The topological polar surface area (TPSA) is 28.7 Å². The minimum atomic E-state index is 0.659. The summed E-state index contributed by atoms with van der Waals surface area (Å²) in [4.78, 5) is 0. The number of hydrogen-bond acceptors (Lipinski definition) is 1. The Balaban J connectivity index is 0.977. The Morgan fingerprint density at radius 1 is 0.292 bits per heavy atom. The first-order chi connectivity index (χ1) is 32.2. The maximum Gasteiger partial charge on any atom is 0.0991 e. The van der Waals surface area contributed by atoms with Gasteiger partial charge >= 0.3 is 0 Å². The Morgan fingerprint density at radius 2 is 0.738 bits per heavy atom. The van der Waals surface area contributed by atoms with Crippen LogP contribution < -0.4 is 0 Å². The first-order valence-corrected chi connectivity index (χ1v) is 22.2. The fourth-order valence-electron chi connectivity index (χ4n) is 10.6. The third kappa shape index (κ3) is 5.87. The van der Waals surface area contributed by atoms with Gasteiger partial charge < -0.3 is 4.57 Å². The second-order valence-corrected chi connectivity index (χ2v) is 17.1. The molecule has 0 saturated heterocycles. The quantitative estimate of drug-likeness (QED) is 0.159. The smallest absolute Gasteiger partial charge is 0.0991 e. The maximum absolute atomic E-state index is 9.83. The van der Waals surface area contributed by atoms with E-state index < -0.39 is 0 Å². The fraction of sp³-hybridized carbons (Fsp3) is 0. The van der Waals surface area contributed by atoms with Crippen LogP contribution in [0.25, 0.3) is 126 Å². The highest BCUT2D eigenvalue weighted by atomic mass is 15.0. The molecule has 1 heterocycles. The Hall–Kier alpha value is -8.77. The average molecular weight is 823 g/mol. The van der Waals surface area contributed by atoms with Crippen molar-refractivity contribution in [3.63, 3.8) is 0 Å².